The van der Waals surface area contributed by atoms with Crippen LogP contribution in [-0.2, 0) is 0 Å². The SMILES string of the molecule is C=CCC[C@H](CCC)C(C)C. The smallest absolute Gasteiger partial charge is 0.0351 e. The maximum absolute atomic E-state index is 3.75. The summed E-state index contributed by atoms with van der Waals surface area (Å²) in [6, 6.07) is 0. The molecule has 0 bridgehead atoms. The second kappa shape index (κ2) is 6.45. The minimum Gasteiger partial charge on any atom is -0.103 e. The molecule has 0 saturated heterocycles. The number of hydrogen-bond acceptors (Lipinski definition) is 0. The molecule has 0 amide bonds. The van der Waals surface area contributed by atoms with E-state index in [0.29, 0.717) is 0 Å². The quantitative estimate of drug-likeness (QED) is 0.507. The maximum atomic E-state index is 3.75. The zero-order valence-electron chi connectivity index (χ0n) is 8.27. The van der Waals surface area contributed by atoms with Gasteiger partial charge in [0.15, 0.2) is 0 Å². The van der Waals surface area contributed by atoms with Crippen molar-refractivity contribution in [3.05, 3.63) is 12.7 Å². The van der Waals surface area contributed by atoms with E-state index in [-0.39, 0.29) is 0 Å². The Balaban J connectivity index is 3.59. The second-order valence-corrected chi connectivity index (χ2v) is 3.66. The lowest BCUT2D eigenvalue weighted by molar-refractivity contribution is 0.336. The van der Waals surface area contributed by atoms with Gasteiger partial charge in [0.1, 0.15) is 0 Å². The molecule has 0 radical (unpaired) electrons. The highest BCUT2D eigenvalue weighted by Gasteiger charge is 2.10. The van der Waals surface area contributed by atoms with Crippen LogP contribution in [0.25, 0.3) is 0 Å². The first-order valence-electron chi connectivity index (χ1n) is 4.83. The fourth-order valence-corrected chi connectivity index (χ4v) is 1.51. The molecule has 0 unspecified atom stereocenters. The van der Waals surface area contributed by atoms with Gasteiger partial charge < -0.3 is 0 Å². The van der Waals surface area contributed by atoms with Crippen LogP contribution >= 0.6 is 0 Å². The van der Waals surface area contributed by atoms with E-state index in [1.807, 2.05) is 6.08 Å². The van der Waals surface area contributed by atoms with E-state index >= 15 is 0 Å². The molecule has 66 valence electrons. The second-order valence-electron chi connectivity index (χ2n) is 3.66. The largest absolute Gasteiger partial charge is 0.103 e. The Labute approximate surface area is 71.7 Å². The van der Waals surface area contributed by atoms with E-state index in [1.165, 1.54) is 25.7 Å². The minimum absolute atomic E-state index is 0.842. The fourth-order valence-electron chi connectivity index (χ4n) is 1.51. The van der Waals surface area contributed by atoms with Crippen molar-refractivity contribution >= 4 is 0 Å². The van der Waals surface area contributed by atoms with Crippen LogP contribution in [0.4, 0.5) is 0 Å². The molecule has 0 saturated carbocycles. The molecule has 0 aromatic heterocycles. The molecular formula is C11H22. The van der Waals surface area contributed by atoms with Crippen LogP contribution in [0.15, 0.2) is 12.7 Å². The summed E-state index contributed by atoms with van der Waals surface area (Å²) in [7, 11) is 0. The molecule has 0 heteroatoms. The van der Waals surface area contributed by atoms with Crippen molar-refractivity contribution in [2.75, 3.05) is 0 Å². The number of hydrogen-bond donors (Lipinski definition) is 0. The molecule has 0 N–H and O–H groups in total. The van der Waals surface area contributed by atoms with Crippen LogP contribution < -0.4 is 0 Å². The van der Waals surface area contributed by atoms with Crippen molar-refractivity contribution in [3.63, 3.8) is 0 Å². The lowest BCUT2D eigenvalue weighted by atomic mass is 9.87. The zero-order valence-corrected chi connectivity index (χ0v) is 8.27. The molecule has 0 rings (SSSR count). The minimum atomic E-state index is 0.842. The molecule has 1 atom stereocenters. The molecule has 0 aromatic carbocycles. The molecular weight excluding hydrogens is 132 g/mol. The van der Waals surface area contributed by atoms with E-state index in [2.05, 4.69) is 27.4 Å². The van der Waals surface area contributed by atoms with Crippen molar-refractivity contribution in [1.82, 2.24) is 0 Å². The van der Waals surface area contributed by atoms with Crippen LogP contribution in [0.1, 0.15) is 46.5 Å². The average Bonchev–Trinajstić information content (AvgIpc) is 1.97. The monoisotopic (exact) mass is 154 g/mol. The van der Waals surface area contributed by atoms with E-state index in [4.69, 9.17) is 0 Å². The van der Waals surface area contributed by atoms with Crippen molar-refractivity contribution in [1.29, 1.82) is 0 Å². The molecule has 0 aliphatic heterocycles. The van der Waals surface area contributed by atoms with Crippen LogP contribution in [0.3, 0.4) is 0 Å². The van der Waals surface area contributed by atoms with Gasteiger partial charge in [0.05, 0.1) is 0 Å². The van der Waals surface area contributed by atoms with Crippen LogP contribution in [0.5, 0.6) is 0 Å². The summed E-state index contributed by atoms with van der Waals surface area (Å²) in [4.78, 5) is 0. The van der Waals surface area contributed by atoms with Crippen molar-refractivity contribution < 1.29 is 0 Å². The van der Waals surface area contributed by atoms with E-state index in [0.717, 1.165) is 11.8 Å². The van der Waals surface area contributed by atoms with Crippen LogP contribution in [-0.4, -0.2) is 0 Å². The summed E-state index contributed by atoms with van der Waals surface area (Å²) in [5.74, 6) is 1.76. The third kappa shape index (κ3) is 5.06. The van der Waals surface area contributed by atoms with Crippen molar-refractivity contribution in [2.45, 2.75) is 46.5 Å². The van der Waals surface area contributed by atoms with Gasteiger partial charge in [0.2, 0.25) is 0 Å². The summed E-state index contributed by atoms with van der Waals surface area (Å²) >= 11 is 0. The Morgan fingerprint density at radius 2 is 1.91 bits per heavy atom. The third-order valence-corrected chi connectivity index (χ3v) is 2.34. The lowest BCUT2D eigenvalue weighted by Crippen LogP contribution is -2.07. The molecule has 0 spiro atoms. The topological polar surface area (TPSA) is 0 Å². The third-order valence-electron chi connectivity index (χ3n) is 2.34. The molecule has 0 aliphatic rings. The Morgan fingerprint density at radius 3 is 2.27 bits per heavy atom. The summed E-state index contributed by atoms with van der Waals surface area (Å²) < 4.78 is 0. The first-order chi connectivity index (χ1) is 5.22. The summed E-state index contributed by atoms with van der Waals surface area (Å²) in [5, 5.41) is 0. The Hall–Kier alpha value is -0.260. The first kappa shape index (κ1) is 10.7. The molecule has 0 heterocycles. The van der Waals surface area contributed by atoms with Gasteiger partial charge in [-0.2, -0.15) is 0 Å². The van der Waals surface area contributed by atoms with Gasteiger partial charge in [0.25, 0.3) is 0 Å². The van der Waals surface area contributed by atoms with Gasteiger partial charge in [-0.15, -0.1) is 6.58 Å². The van der Waals surface area contributed by atoms with Crippen LogP contribution in [0, 0.1) is 11.8 Å². The van der Waals surface area contributed by atoms with Gasteiger partial charge in [-0.1, -0.05) is 39.7 Å². The molecule has 0 nitrogen and oxygen atoms in total. The molecule has 0 aromatic rings. The molecule has 0 fully saturated rings. The zero-order chi connectivity index (χ0) is 8.69. The summed E-state index contributed by atoms with van der Waals surface area (Å²) in [6.45, 7) is 10.7. The highest BCUT2D eigenvalue weighted by molar-refractivity contribution is 4.71. The highest BCUT2D eigenvalue weighted by atomic mass is 14.2. The predicted octanol–water partition coefficient (Wildman–Crippen LogP) is 4.02. The average molecular weight is 154 g/mol. The van der Waals surface area contributed by atoms with E-state index in [9.17, 15) is 0 Å². The standard InChI is InChI=1S/C11H22/c1-5-7-9-11(8-6-2)10(3)4/h5,10-11H,1,6-9H2,2-4H3/t11-/m0/s1. The maximum Gasteiger partial charge on any atom is -0.0351 e. The van der Waals surface area contributed by atoms with Crippen LogP contribution in [0.2, 0.25) is 0 Å². The fraction of sp³-hybridized carbons (Fsp3) is 0.818. The van der Waals surface area contributed by atoms with Gasteiger partial charge in [0, 0.05) is 0 Å². The van der Waals surface area contributed by atoms with E-state index < -0.39 is 0 Å². The van der Waals surface area contributed by atoms with Gasteiger partial charge in [-0.05, 0) is 24.7 Å². The summed E-state index contributed by atoms with van der Waals surface area (Å²) in [5.41, 5.74) is 0. The van der Waals surface area contributed by atoms with Gasteiger partial charge in [-0.3, -0.25) is 0 Å². The summed E-state index contributed by atoms with van der Waals surface area (Å²) in [6.07, 6.45) is 7.24. The van der Waals surface area contributed by atoms with Gasteiger partial charge in [-0.25, -0.2) is 0 Å². The number of allylic oxidation sites excluding steroid dienone is 1. The first-order valence-corrected chi connectivity index (χ1v) is 4.83. The predicted molar refractivity (Wildman–Crippen MR) is 52.7 cm³/mol. The van der Waals surface area contributed by atoms with Gasteiger partial charge >= 0.3 is 0 Å². The Kier molecular flexibility index (Phi) is 6.30. The van der Waals surface area contributed by atoms with Crippen molar-refractivity contribution in [2.24, 2.45) is 11.8 Å². The Bertz CT molecular complexity index is 92.2. The lowest BCUT2D eigenvalue weighted by Gasteiger charge is -2.18. The highest BCUT2D eigenvalue weighted by Crippen LogP contribution is 2.22. The Morgan fingerprint density at radius 1 is 1.27 bits per heavy atom. The number of rotatable bonds is 6. The normalized spacial score (nSPS) is 13.5. The van der Waals surface area contributed by atoms with Crippen molar-refractivity contribution in [3.8, 4) is 0 Å². The molecule has 0 aliphatic carbocycles. The molecule has 11 heavy (non-hydrogen) atoms. The van der Waals surface area contributed by atoms with E-state index in [1.54, 1.807) is 0 Å².